The molecule has 0 spiro atoms. The van der Waals surface area contributed by atoms with Gasteiger partial charge in [0.25, 0.3) is 5.69 Å². The molecule has 0 aliphatic carbocycles. The van der Waals surface area contributed by atoms with Gasteiger partial charge in [0, 0.05) is 23.9 Å². The Morgan fingerprint density at radius 2 is 1.84 bits per heavy atom. The molecule has 0 saturated carbocycles. The van der Waals surface area contributed by atoms with Gasteiger partial charge in [-0.1, -0.05) is 6.07 Å². The van der Waals surface area contributed by atoms with Crippen LogP contribution in [0.2, 0.25) is 0 Å². The fourth-order valence-corrected chi connectivity index (χ4v) is 2.72. The largest absolute Gasteiger partial charge is 0.332 e. The smallest absolute Gasteiger partial charge is 0.322 e. The predicted octanol–water partition coefficient (Wildman–Crippen LogP) is 3.21. The Balaban J connectivity index is 2.11. The van der Waals surface area contributed by atoms with Gasteiger partial charge >= 0.3 is 10.2 Å². The molecule has 9 heteroatoms. The van der Waals surface area contributed by atoms with Crippen LogP contribution in [-0.4, -0.2) is 19.2 Å². The van der Waals surface area contributed by atoms with Crippen LogP contribution in [0.15, 0.2) is 53.4 Å². The van der Waals surface area contributed by atoms with Gasteiger partial charge in [-0.2, -0.15) is 8.42 Å². The van der Waals surface area contributed by atoms with E-state index in [1.54, 1.807) is 0 Å². The molecule has 0 heterocycles. The van der Waals surface area contributed by atoms with Crippen LogP contribution in [-0.2, 0) is 15.0 Å². The van der Waals surface area contributed by atoms with E-state index in [1.807, 2.05) is 0 Å². The maximum absolute atomic E-state index is 13.2. The summed E-state index contributed by atoms with van der Waals surface area (Å²) in [5, 5.41) is 13.0. The summed E-state index contributed by atoms with van der Waals surface area (Å²) in [6.45, 7) is 1.44. The average molecular weight is 364 g/mol. The topological polar surface area (TPSA) is 106 Å². The molecule has 0 aromatic heterocycles. The highest BCUT2D eigenvalue weighted by atomic mass is 32.3. The first-order valence-corrected chi connectivity index (χ1v) is 8.34. The third-order valence-corrected chi connectivity index (χ3v) is 4.21. The lowest BCUT2D eigenvalue weighted by molar-refractivity contribution is -0.384. The zero-order valence-electron chi connectivity index (χ0n) is 13.0. The first-order chi connectivity index (χ1) is 11.7. The SMILES string of the molecule is Cc1ccc(NC(=O)/C=C\c2ccc([N+](=O)[O-])cc2)cc1S(=O)(=O)F. The van der Waals surface area contributed by atoms with Crippen LogP contribution in [0.3, 0.4) is 0 Å². The van der Waals surface area contributed by atoms with Gasteiger partial charge in [-0.3, -0.25) is 14.9 Å². The van der Waals surface area contributed by atoms with E-state index in [9.17, 15) is 27.2 Å². The normalized spacial score (nSPS) is 11.4. The minimum Gasteiger partial charge on any atom is -0.322 e. The number of carbonyl (C=O) groups is 1. The van der Waals surface area contributed by atoms with Crippen LogP contribution in [0.25, 0.3) is 6.08 Å². The molecule has 25 heavy (non-hydrogen) atoms. The molecule has 2 aromatic carbocycles. The van der Waals surface area contributed by atoms with E-state index < -0.39 is 25.9 Å². The lowest BCUT2D eigenvalue weighted by Crippen LogP contribution is -2.08. The number of carbonyl (C=O) groups excluding carboxylic acids is 1. The Kier molecular flexibility index (Phi) is 5.28. The van der Waals surface area contributed by atoms with Crippen molar-refractivity contribution in [2.45, 2.75) is 11.8 Å². The van der Waals surface area contributed by atoms with E-state index in [4.69, 9.17) is 0 Å². The van der Waals surface area contributed by atoms with E-state index in [0.29, 0.717) is 5.56 Å². The first-order valence-electron chi connectivity index (χ1n) is 6.95. The summed E-state index contributed by atoms with van der Waals surface area (Å²) in [7, 11) is -4.88. The highest BCUT2D eigenvalue weighted by molar-refractivity contribution is 7.86. The molecule has 2 rings (SSSR count). The van der Waals surface area contributed by atoms with Gasteiger partial charge in [0.15, 0.2) is 0 Å². The van der Waals surface area contributed by atoms with Crippen LogP contribution in [0, 0.1) is 17.0 Å². The number of non-ortho nitro benzene ring substituents is 1. The van der Waals surface area contributed by atoms with Gasteiger partial charge in [0.05, 0.1) is 4.92 Å². The summed E-state index contributed by atoms with van der Waals surface area (Å²) in [4.78, 5) is 21.4. The van der Waals surface area contributed by atoms with Crippen molar-refractivity contribution in [3.63, 3.8) is 0 Å². The highest BCUT2D eigenvalue weighted by Gasteiger charge is 2.16. The zero-order chi connectivity index (χ0) is 18.6. The van der Waals surface area contributed by atoms with Gasteiger partial charge in [-0.05, 0) is 48.4 Å². The Morgan fingerprint density at radius 3 is 2.40 bits per heavy atom. The number of nitro groups is 1. The molecule has 0 atom stereocenters. The fourth-order valence-electron chi connectivity index (χ4n) is 2.00. The van der Waals surface area contributed by atoms with Crippen molar-refractivity contribution in [2.24, 2.45) is 0 Å². The maximum Gasteiger partial charge on any atom is 0.332 e. The van der Waals surface area contributed by atoms with Crippen molar-refractivity contribution in [3.05, 3.63) is 69.8 Å². The molecular formula is C16H13FN2O5S. The number of hydrogen-bond donors (Lipinski definition) is 1. The molecule has 0 radical (unpaired) electrons. The quantitative estimate of drug-likeness (QED) is 0.379. The van der Waals surface area contributed by atoms with Crippen LogP contribution < -0.4 is 5.32 Å². The number of amides is 1. The van der Waals surface area contributed by atoms with E-state index in [-0.39, 0.29) is 16.9 Å². The fraction of sp³-hybridized carbons (Fsp3) is 0.0625. The molecule has 0 aliphatic heterocycles. The molecule has 1 amide bonds. The Morgan fingerprint density at radius 1 is 1.20 bits per heavy atom. The van der Waals surface area contributed by atoms with E-state index in [1.165, 1.54) is 55.5 Å². The summed E-state index contributed by atoms with van der Waals surface area (Å²) in [5.41, 5.74) is 0.847. The number of nitrogens with one attached hydrogen (secondary N) is 1. The van der Waals surface area contributed by atoms with Crippen molar-refractivity contribution in [1.29, 1.82) is 0 Å². The third kappa shape index (κ3) is 4.95. The second-order valence-corrected chi connectivity index (χ2v) is 6.40. The van der Waals surface area contributed by atoms with Crippen LogP contribution in [0.1, 0.15) is 11.1 Å². The summed E-state index contributed by atoms with van der Waals surface area (Å²) in [6, 6.07) is 9.40. The zero-order valence-corrected chi connectivity index (χ0v) is 13.8. The standard InChI is InChI=1S/C16H13FN2O5S/c1-11-2-6-13(10-15(11)25(17,23)24)18-16(20)9-5-12-3-7-14(8-4-12)19(21)22/h2-10H,1H3,(H,18,20)/b9-5-. The van der Waals surface area contributed by atoms with Crippen molar-refractivity contribution in [1.82, 2.24) is 0 Å². The van der Waals surface area contributed by atoms with Crippen LogP contribution >= 0.6 is 0 Å². The molecule has 0 aliphatic rings. The number of rotatable bonds is 5. The van der Waals surface area contributed by atoms with Gasteiger partial charge < -0.3 is 5.32 Å². The third-order valence-electron chi connectivity index (χ3n) is 3.25. The van der Waals surface area contributed by atoms with Crippen molar-refractivity contribution in [2.75, 3.05) is 5.32 Å². The summed E-state index contributed by atoms with van der Waals surface area (Å²) in [5.74, 6) is -0.565. The maximum atomic E-state index is 13.2. The van der Waals surface area contributed by atoms with E-state index in [2.05, 4.69) is 5.32 Å². The second-order valence-electron chi connectivity index (χ2n) is 5.09. The Bertz CT molecular complexity index is 953. The number of hydrogen-bond acceptors (Lipinski definition) is 5. The first kappa shape index (κ1) is 18.3. The molecule has 0 unspecified atom stereocenters. The van der Waals surface area contributed by atoms with Crippen LogP contribution in [0.4, 0.5) is 15.3 Å². The van der Waals surface area contributed by atoms with Crippen molar-refractivity contribution < 1.29 is 22.0 Å². The number of halogens is 1. The molecule has 1 N–H and O–H groups in total. The molecule has 2 aromatic rings. The summed E-state index contributed by atoms with van der Waals surface area (Å²) in [6.07, 6.45) is 2.60. The van der Waals surface area contributed by atoms with E-state index >= 15 is 0 Å². The number of aryl methyl sites for hydroxylation is 1. The number of nitro benzene ring substituents is 1. The molecule has 130 valence electrons. The highest BCUT2D eigenvalue weighted by Crippen LogP contribution is 2.22. The van der Waals surface area contributed by atoms with Crippen molar-refractivity contribution >= 4 is 33.6 Å². The van der Waals surface area contributed by atoms with Gasteiger partial charge in [-0.25, -0.2) is 0 Å². The molecule has 7 nitrogen and oxygen atoms in total. The monoisotopic (exact) mass is 364 g/mol. The van der Waals surface area contributed by atoms with Crippen LogP contribution in [0.5, 0.6) is 0 Å². The van der Waals surface area contributed by atoms with Gasteiger partial charge in [0.2, 0.25) is 5.91 Å². The van der Waals surface area contributed by atoms with E-state index in [0.717, 1.165) is 6.07 Å². The summed E-state index contributed by atoms with van der Waals surface area (Å²) < 4.78 is 35.2. The number of nitrogens with zero attached hydrogens (tertiary/aromatic N) is 1. The average Bonchev–Trinajstić information content (AvgIpc) is 2.54. The van der Waals surface area contributed by atoms with Crippen molar-refractivity contribution in [3.8, 4) is 0 Å². The van der Waals surface area contributed by atoms with Gasteiger partial charge in [0.1, 0.15) is 4.90 Å². The predicted molar refractivity (Wildman–Crippen MR) is 90.2 cm³/mol. The minimum atomic E-state index is -4.88. The second kappa shape index (κ2) is 7.22. The minimum absolute atomic E-state index is 0.0683. The molecule has 0 saturated heterocycles. The lowest BCUT2D eigenvalue weighted by Gasteiger charge is -2.06. The molecular weight excluding hydrogens is 351 g/mol. The van der Waals surface area contributed by atoms with Gasteiger partial charge in [-0.15, -0.1) is 3.89 Å². The summed E-state index contributed by atoms with van der Waals surface area (Å²) >= 11 is 0. The molecule has 0 fully saturated rings. The lowest BCUT2D eigenvalue weighted by atomic mass is 10.2. The Hall–Kier alpha value is -3.07. The molecule has 0 bridgehead atoms. The number of benzene rings is 2. The number of anilines is 1. The Labute approximate surface area is 143 Å².